The highest BCUT2D eigenvalue weighted by Crippen LogP contribution is 2.33. The lowest BCUT2D eigenvalue weighted by Gasteiger charge is -2.25. The average Bonchev–Trinajstić information content (AvgIpc) is 2.13. The lowest BCUT2D eigenvalue weighted by Crippen LogP contribution is -2.16. The number of rotatable bonds is 4. The molecule has 0 aromatic heterocycles. The Morgan fingerprint density at radius 2 is 1.60 bits per heavy atom. The van der Waals surface area contributed by atoms with Gasteiger partial charge in [-0.2, -0.15) is 0 Å². The van der Waals surface area contributed by atoms with E-state index in [-0.39, 0.29) is 16.9 Å². The molecule has 84 valence electrons. The number of phenolic OH excluding ortho intramolecular Hbond substituents is 2. The molecule has 0 unspecified atom stereocenters. The maximum Gasteiger partial charge on any atom is 0.119 e. The van der Waals surface area contributed by atoms with Crippen LogP contribution in [0, 0.1) is 0 Å². The normalized spacial score (nSPS) is 11.7. The molecule has 2 nitrogen and oxygen atoms in total. The van der Waals surface area contributed by atoms with Gasteiger partial charge in [0.2, 0.25) is 0 Å². The Balaban J connectivity index is 2.93. The number of phenols is 2. The first-order valence-corrected chi connectivity index (χ1v) is 5.49. The Hall–Kier alpha value is -1.18. The second kappa shape index (κ2) is 4.56. The molecule has 0 radical (unpaired) electrons. The monoisotopic (exact) mass is 208 g/mol. The van der Waals surface area contributed by atoms with Crippen molar-refractivity contribution < 1.29 is 10.2 Å². The number of aromatic hydroxyl groups is 2. The maximum absolute atomic E-state index is 9.42. The van der Waals surface area contributed by atoms with E-state index >= 15 is 0 Å². The van der Waals surface area contributed by atoms with E-state index in [1.165, 1.54) is 6.07 Å². The molecule has 2 heteroatoms. The summed E-state index contributed by atoms with van der Waals surface area (Å²) in [6.07, 6.45) is 3.38. The van der Waals surface area contributed by atoms with Crippen molar-refractivity contribution in [1.29, 1.82) is 0 Å². The lowest BCUT2D eigenvalue weighted by molar-refractivity contribution is 0.428. The standard InChI is InChI=1S/C13H20O2/c1-4-5-6-13(2,3)10-7-11(14)9-12(15)8-10/h7-9,14-15H,4-6H2,1-3H3. The van der Waals surface area contributed by atoms with Gasteiger partial charge in [0.25, 0.3) is 0 Å². The van der Waals surface area contributed by atoms with Crippen molar-refractivity contribution in [2.75, 3.05) is 0 Å². The van der Waals surface area contributed by atoms with Gasteiger partial charge in [-0.15, -0.1) is 0 Å². The molecule has 0 heterocycles. The van der Waals surface area contributed by atoms with Crippen LogP contribution >= 0.6 is 0 Å². The predicted octanol–water partition coefficient (Wildman–Crippen LogP) is 3.57. The molecule has 15 heavy (non-hydrogen) atoms. The van der Waals surface area contributed by atoms with Crippen molar-refractivity contribution in [3.63, 3.8) is 0 Å². The summed E-state index contributed by atoms with van der Waals surface area (Å²) in [6, 6.07) is 4.82. The number of benzene rings is 1. The van der Waals surface area contributed by atoms with Crippen LogP contribution in [-0.2, 0) is 5.41 Å². The Morgan fingerprint density at radius 3 is 2.07 bits per heavy atom. The van der Waals surface area contributed by atoms with Crippen LogP contribution < -0.4 is 0 Å². The van der Waals surface area contributed by atoms with Crippen LogP contribution in [0.3, 0.4) is 0 Å². The molecule has 1 aromatic rings. The lowest BCUT2D eigenvalue weighted by atomic mass is 9.80. The van der Waals surface area contributed by atoms with Crippen LogP contribution in [0.25, 0.3) is 0 Å². The van der Waals surface area contributed by atoms with Crippen molar-refractivity contribution >= 4 is 0 Å². The zero-order valence-corrected chi connectivity index (χ0v) is 9.75. The molecule has 1 aromatic carbocycles. The summed E-state index contributed by atoms with van der Waals surface area (Å²) in [6.45, 7) is 6.43. The number of unbranched alkanes of at least 4 members (excludes halogenated alkanes) is 1. The molecule has 0 atom stereocenters. The topological polar surface area (TPSA) is 40.5 Å². The number of hydrogen-bond acceptors (Lipinski definition) is 2. The highest BCUT2D eigenvalue weighted by Gasteiger charge is 2.20. The minimum Gasteiger partial charge on any atom is -0.508 e. The van der Waals surface area contributed by atoms with Crippen molar-refractivity contribution in [3.8, 4) is 11.5 Å². The SMILES string of the molecule is CCCCC(C)(C)c1cc(O)cc(O)c1. The summed E-state index contributed by atoms with van der Waals surface area (Å²) in [5.74, 6) is 0.268. The third-order valence-corrected chi connectivity index (χ3v) is 2.84. The fourth-order valence-electron chi connectivity index (χ4n) is 1.75. The third-order valence-electron chi connectivity index (χ3n) is 2.84. The molecule has 1 rings (SSSR count). The second-order valence-electron chi connectivity index (χ2n) is 4.73. The number of hydrogen-bond donors (Lipinski definition) is 2. The van der Waals surface area contributed by atoms with Gasteiger partial charge in [-0.1, -0.05) is 33.6 Å². The van der Waals surface area contributed by atoms with Crippen LogP contribution in [0.5, 0.6) is 11.5 Å². The smallest absolute Gasteiger partial charge is 0.119 e. The van der Waals surface area contributed by atoms with E-state index < -0.39 is 0 Å². The Bertz CT molecular complexity index is 309. The Labute approximate surface area is 91.6 Å². The molecule has 0 saturated heterocycles. The van der Waals surface area contributed by atoms with E-state index in [1.54, 1.807) is 12.1 Å². The molecule has 0 saturated carbocycles. The van der Waals surface area contributed by atoms with Crippen LogP contribution in [0.4, 0.5) is 0 Å². The van der Waals surface area contributed by atoms with E-state index in [9.17, 15) is 10.2 Å². The minimum absolute atomic E-state index is 0.00618. The Morgan fingerprint density at radius 1 is 1.07 bits per heavy atom. The van der Waals surface area contributed by atoms with Crippen LogP contribution in [0.2, 0.25) is 0 Å². The summed E-state index contributed by atoms with van der Waals surface area (Å²) >= 11 is 0. The third kappa shape index (κ3) is 3.15. The van der Waals surface area contributed by atoms with Crippen LogP contribution in [0.15, 0.2) is 18.2 Å². The largest absolute Gasteiger partial charge is 0.508 e. The predicted molar refractivity (Wildman–Crippen MR) is 62.3 cm³/mol. The van der Waals surface area contributed by atoms with Gasteiger partial charge in [-0.25, -0.2) is 0 Å². The van der Waals surface area contributed by atoms with Gasteiger partial charge in [0.05, 0.1) is 0 Å². The summed E-state index contributed by atoms with van der Waals surface area (Å²) < 4.78 is 0. The molecule has 0 aliphatic heterocycles. The highest BCUT2D eigenvalue weighted by atomic mass is 16.3. The highest BCUT2D eigenvalue weighted by molar-refractivity contribution is 5.39. The van der Waals surface area contributed by atoms with Crippen molar-refractivity contribution in [3.05, 3.63) is 23.8 Å². The van der Waals surface area contributed by atoms with Gasteiger partial charge >= 0.3 is 0 Å². The molecular formula is C13H20O2. The summed E-state index contributed by atoms with van der Waals surface area (Å²) in [7, 11) is 0. The van der Waals surface area contributed by atoms with Gasteiger partial charge in [-0.05, 0) is 29.5 Å². The van der Waals surface area contributed by atoms with E-state index in [0.717, 1.165) is 24.8 Å². The zero-order chi connectivity index (χ0) is 11.5. The molecule has 0 spiro atoms. The molecule has 0 fully saturated rings. The maximum atomic E-state index is 9.42. The first kappa shape index (κ1) is 11.9. The van der Waals surface area contributed by atoms with E-state index in [1.807, 2.05) is 0 Å². The van der Waals surface area contributed by atoms with Crippen molar-refractivity contribution in [1.82, 2.24) is 0 Å². The first-order chi connectivity index (χ1) is 6.95. The molecule has 0 amide bonds. The van der Waals surface area contributed by atoms with Gasteiger partial charge in [-0.3, -0.25) is 0 Å². The summed E-state index contributed by atoms with van der Waals surface area (Å²) in [5.41, 5.74) is 1.00. The van der Waals surface area contributed by atoms with Crippen molar-refractivity contribution in [2.24, 2.45) is 0 Å². The van der Waals surface area contributed by atoms with E-state index in [4.69, 9.17) is 0 Å². The van der Waals surface area contributed by atoms with Gasteiger partial charge < -0.3 is 10.2 Å². The van der Waals surface area contributed by atoms with E-state index in [2.05, 4.69) is 20.8 Å². The molecule has 0 aliphatic carbocycles. The van der Waals surface area contributed by atoms with Crippen LogP contribution in [0.1, 0.15) is 45.6 Å². The minimum atomic E-state index is 0.00618. The van der Waals surface area contributed by atoms with Gasteiger partial charge in [0, 0.05) is 6.07 Å². The second-order valence-corrected chi connectivity index (χ2v) is 4.73. The van der Waals surface area contributed by atoms with Gasteiger partial charge in [0.15, 0.2) is 0 Å². The van der Waals surface area contributed by atoms with Crippen LogP contribution in [-0.4, -0.2) is 10.2 Å². The first-order valence-electron chi connectivity index (χ1n) is 5.49. The molecular weight excluding hydrogens is 188 g/mol. The Kier molecular flexibility index (Phi) is 3.61. The fraction of sp³-hybridized carbons (Fsp3) is 0.538. The van der Waals surface area contributed by atoms with E-state index in [0.29, 0.717) is 0 Å². The average molecular weight is 208 g/mol. The van der Waals surface area contributed by atoms with Crippen molar-refractivity contribution in [2.45, 2.75) is 45.4 Å². The summed E-state index contributed by atoms with van der Waals surface area (Å²) in [4.78, 5) is 0. The summed E-state index contributed by atoms with van der Waals surface area (Å²) in [5, 5.41) is 18.8. The molecule has 0 bridgehead atoms. The van der Waals surface area contributed by atoms with Gasteiger partial charge in [0.1, 0.15) is 11.5 Å². The zero-order valence-electron chi connectivity index (χ0n) is 9.75. The molecule has 2 N–H and O–H groups in total. The molecule has 0 aliphatic rings. The quantitative estimate of drug-likeness (QED) is 0.794. The fourth-order valence-corrected chi connectivity index (χ4v) is 1.75.